The number of fused-ring (bicyclic) bond motifs is 1. The molecule has 1 aliphatic carbocycles. The summed E-state index contributed by atoms with van der Waals surface area (Å²) in [5.41, 5.74) is 0.655. The summed E-state index contributed by atoms with van der Waals surface area (Å²) >= 11 is 3.16. The molecule has 2 nitrogen and oxygen atoms in total. The summed E-state index contributed by atoms with van der Waals surface area (Å²) < 4.78 is 38.0. The van der Waals surface area contributed by atoms with E-state index in [1.807, 2.05) is 0 Å². The van der Waals surface area contributed by atoms with E-state index in [4.69, 9.17) is 0 Å². The van der Waals surface area contributed by atoms with E-state index in [1.165, 1.54) is 12.1 Å². The molecule has 0 unspecified atom stereocenters. The molecule has 0 heterocycles. The van der Waals surface area contributed by atoms with Gasteiger partial charge in [0, 0.05) is 23.1 Å². The van der Waals surface area contributed by atoms with Crippen LogP contribution in [0.4, 0.5) is 13.2 Å². The number of hydrogen-bond acceptors (Lipinski definition) is 2. The summed E-state index contributed by atoms with van der Waals surface area (Å²) in [7, 11) is 0. The third kappa shape index (κ3) is 2.94. The molecule has 24 heavy (non-hydrogen) atoms. The fourth-order valence-corrected chi connectivity index (χ4v) is 3.10. The third-order valence-corrected chi connectivity index (χ3v) is 4.66. The minimum absolute atomic E-state index is 0.0810. The second kappa shape index (κ2) is 6.02. The number of halogens is 4. The predicted molar refractivity (Wildman–Crippen MR) is 86.2 cm³/mol. The van der Waals surface area contributed by atoms with Crippen molar-refractivity contribution in [2.45, 2.75) is 12.6 Å². The van der Waals surface area contributed by atoms with Gasteiger partial charge in [0.2, 0.25) is 5.78 Å². The Labute approximate surface area is 144 Å². The number of carbonyl (C=O) groups is 2. The quantitative estimate of drug-likeness (QED) is 0.719. The molecule has 0 bridgehead atoms. The maximum Gasteiger partial charge on any atom is 0.416 e. The van der Waals surface area contributed by atoms with Crippen LogP contribution >= 0.6 is 15.9 Å². The molecule has 0 saturated carbocycles. The number of alkyl halides is 3. The van der Waals surface area contributed by atoms with Crippen molar-refractivity contribution in [2.24, 2.45) is 0 Å². The lowest BCUT2D eigenvalue weighted by atomic mass is 9.86. The summed E-state index contributed by atoms with van der Waals surface area (Å²) in [6, 6.07) is 11.0. The molecule has 2 aromatic rings. The van der Waals surface area contributed by atoms with Crippen molar-refractivity contribution in [2.75, 3.05) is 0 Å². The molecule has 0 atom stereocenters. The van der Waals surface area contributed by atoms with Crippen LogP contribution in [0.5, 0.6) is 0 Å². The molecule has 3 rings (SSSR count). The highest BCUT2D eigenvalue weighted by atomic mass is 79.9. The van der Waals surface area contributed by atoms with Crippen LogP contribution in [0, 0.1) is 0 Å². The molecule has 0 N–H and O–H groups in total. The van der Waals surface area contributed by atoms with Gasteiger partial charge in [0.05, 0.1) is 10.0 Å². The number of ketones is 2. The number of hydrogen-bond donors (Lipinski definition) is 0. The number of Topliss-reactive ketones (excluding diaryl/α,β-unsaturated/α-hetero) is 2. The molecule has 0 amide bonds. The first-order valence-corrected chi connectivity index (χ1v) is 7.81. The summed E-state index contributed by atoms with van der Waals surface area (Å²) in [4.78, 5) is 24.9. The number of carbonyl (C=O) groups excluding carboxylic acids is 2. The van der Waals surface area contributed by atoms with Gasteiger partial charge in [0.25, 0.3) is 0 Å². The molecule has 0 aliphatic heterocycles. The summed E-state index contributed by atoms with van der Waals surface area (Å²) in [6.07, 6.45) is -4.33. The largest absolute Gasteiger partial charge is 0.416 e. The van der Waals surface area contributed by atoms with Crippen molar-refractivity contribution in [3.8, 4) is 0 Å². The van der Waals surface area contributed by atoms with Crippen molar-refractivity contribution in [3.63, 3.8) is 0 Å². The zero-order chi connectivity index (χ0) is 17.5. The van der Waals surface area contributed by atoms with Crippen molar-refractivity contribution < 1.29 is 22.8 Å². The third-order valence-electron chi connectivity index (χ3n) is 3.82. The minimum atomic E-state index is -4.41. The average Bonchev–Trinajstić information content (AvgIpc) is 2.56. The van der Waals surface area contributed by atoms with Gasteiger partial charge in [-0.15, -0.1) is 0 Å². The molecule has 0 spiro atoms. The zero-order valence-corrected chi connectivity index (χ0v) is 13.7. The fraction of sp³-hybridized carbons (Fsp3) is 0.111. The van der Waals surface area contributed by atoms with Crippen molar-refractivity contribution in [1.29, 1.82) is 0 Å². The Hall–Kier alpha value is -2.21. The molecule has 0 saturated heterocycles. The standard InChI is InChI=1S/C18H10BrF3O2/c19-15-14(9-10-5-7-11(8-6-10)18(20,21)22)16(23)12-3-1-2-4-13(12)17(15)24/h1-8H,9H2. The molecule has 122 valence electrons. The van der Waals surface area contributed by atoms with Gasteiger partial charge in [-0.25, -0.2) is 0 Å². The van der Waals surface area contributed by atoms with Crippen LogP contribution in [-0.2, 0) is 12.6 Å². The Morgan fingerprint density at radius 3 is 1.92 bits per heavy atom. The van der Waals surface area contributed by atoms with E-state index in [0.29, 0.717) is 16.7 Å². The Balaban J connectivity index is 1.94. The van der Waals surface area contributed by atoms with Crippen molar-refractivity contribution in [3.05, 3.63) is 80.8 Å². The maximum absolute atomic E-state index is 12.6. The highest BCUT2D eigenvalue weighted by Gasteiger charge is 2.32. The van der Waals surface area contributed by atoms with Gasteiger partial charge in [-0.05, 0) is 33.6 Å². The summed E-state index contributed by atoms with van der Waals surface area (Å²) in [5.74, 6) is -0.593. The second-order valence-corrected chi connectivity index (χ2v) is 6.16. The van der Waals surface area contributed by atoms with Gasteiger partial charge in [0.15, 0.2) is 5.78 Å². The normalized spacial score (nSPS) is 14.8. The van der Waals surface area contributed by atoms with Crippen LogP contribution in [-0.4, -0.2) is 11.6 Å². The predicted octanol–water partition coefficient (Wildman–Crippen LogP) is 4.98. The fourth-order valence-electron chi connectivity index (χ4n) is 2.57. The lowest BCUT2D eigenvalue weighted by molar-refractivity contribution is -0.137. The molecular formula is C18H10BrF3O2. The zero-order valence-electron chi connectivity index (χ0n) is 12.2. The smallest absolute Gasteiger partial charge is 0.289 e. The van der Waals surface area contributed by atoms with Gasteiger partial charge >= 0.3 is 6.18 Å². The van der Waals surface area contributed by atoms with E-state index in [0.717, 1.165) is 12.1 Å². The van der Waals surface area contributed by atoms with Crippen LogP contribution in [0.15, 0.2) is 58.6 Å². The van der Waals surface area contributed by atoms with E-state index < -0.39 is 11.7 Å². The van der Waals surface area contributed by atoms with Gasteiger partial charge in [0.1, 0.15) is 0 Å². The lowest BCUT2D eigenvalue weighted by Crippen LogP contribution is -2.21. The minimum Gasteiger partial charge on any atom is -0.289 e. The Bertz CT molecular complexity index is 865. The number of allylic oxidation sites excluding steroid dienone is 2. The maximum atomic E-state index is 12.6. The van der Waals surface area contributed by atoms with E-state index in [2.05, 4.69) is 15.9 Å². The SMILES string of the molecule is O=C1C(Br)=C(Cc2ccc(C(F)(F)F)cc2)C(=O)c2ccccc21. The van der Waals surface area contributed by atoms with Crippen LogP contribution in [0.2, 0.25) is 0 Å². The molecule has 6 heteroatoms. The number of benzene rings is 2. The molecular weight excluding hydrogens is 385 g/mol. The highest BCUT2D eigenvalue weighted by Crippen LogP contribution is 2.33. The van der Waals surface area contributed by atoms with Gasteiger partial charge in [-0.1, -0.05) is 36.4 Å². The first-order valence-electron chi connectivity index (χ1n) is 7.02. The van der Waals surface area contributed by atoms with Gasteiger partial charge in [-0.3, -0.25) is 9.59 Å². The Morgan fingerprint density at radius 1 is 0.833 bits per heavy atom. The Morgan fingerprint density at radius 2 is 1.38 bits per heavy atom. The summed E-state index contributed by atoms with van der Waals surface area (Å²) in [6.45, 7) is 0. The first-order chi connectivity index (χ1) is 11.3. The molecule has 2 aromatic carbocycles. The van der Waals surface area contributed by atoms with E-state index in [1.54, 1.807) is 24.3 Å². The van der Waals surface area contributed by atoms with E-state index in [9.17, 15) is 22.8 Å². The van der Waals surface area contributed by atoms with Crippen LogP contribution < -0.4 is 0 Å². The average molecular weight is 395 g/mol. The van der Waals surface area contributed by atoms with Crippen molar-refractivity contribution in [1.82, 2.24) is 0 Å². The monoisotopic (exact) mass is 394 g/mol. The lowest BCUT2D eigenvalue weighted by Gasteiger charge is -2.18. The van der Waals surface area contributed by atoms with Crippen LogP contribution in [0.3, 0.4) is 0 Å². The topological polar surface area (TPSA) is 34.1 Å². The van der Waals surface area contributed by atoms with E-state index in [-0.39, 0.29) is 28.0 Å². The molecule has 0 fully saturated rings. The molecule has 1 aliphatic rings. The second-order valence-electron chi connectivity index (χ2n) is 5.37. The van der Waals surface area contributed by atoms with Crippen molar-refractivity contribution >= 4 is 27.5 Å². The van der Waals surface area contributed by atoms with E-state index >= 15 is 0 Å². The number of rotatable bonds is 2. The van der Waals surface area contributed by atoms with Gasteiger partial charge in [-0.2, -0.15) is 13.2 Å². The molecule has 0 aromatic heterocycles. The molecule has 0 radical (unpaired) electrons. The van der Waals surface area contributed by atoms with Crippen LogP contribution in [0.25, 0.3) is 0 Å². The Kier molecular flexibility index (Phi) is 4.17. The highest BCUT2D eigenvalue weighted by molar-refractivity contribution is 9.12. The summed E-state index contributed by atoms with van der Waals surface area (Å²) in [5, 5.41) is 0. The van der Waals surface area contributed by atoms with Crippen LogP contribution in [0.1, 0.15) is 31.8 Å². The first kappa shape index (κ1) is 16.6. The van der Waals surface area contributed by atoms with Gasteiger partial charge < -0.3 is 0 Å².